The summed E-state index contributed by atoms with van der Waals surface area (Å²) in [5.41, 5.74) is 0. The molecule has 0 bridgehead atoms. The first kappa shape index (κ1) is 73.2. The lowest BCUT2D eigenvalue weighted by Gasteiger charge is -2.30. The Labute approximate surface area is 469 Å². The van der Waals surface area contributed by atoms with Crippen molar-refractivity contribution in [3.05, 3.63) is 85.1 Å². The Morgan fingerprint density at radius 2 is 0.842 bits per heavy atom. The fraction of sp³-hybridized carbons (Fsp3) is 0.758. The monoisotopic (exact) mass is 1080 g/mol. The first-order chi connectivity index (χ1) is 36.9. The zero-order valence-corrected chi connectivity index (χ0v) is 51.1. The number of unbranched alkanes of at least 4 members (excludes halogenated alkanes) is 28. The van der Waals surface area contributed by atoms with Gasteiger partial charge >= 0.3 is 5.97 Å². The molecule has 0 heterocycles. The van der Waals surface area contributed by atoms with Gasteiger partial charge in [0.25, 0.3) is 7.82 Å². The van der Waals surface area contributed by atoms with E-state index >= 15 is 0 Å². The molecule has 0 saturated carbocycles. The summed E-state index contributed by atoms with van der Waals surface area (Å²) < 4.78 is 30.3. The Morgan fingerprint density at radius 3 is 1.29 bits per heavy atom. The molecular formula is C66H119N2O7P. The summed E-state index contributed by atoms with van der Waals surface area (Å²) in [6, 6.07) is -0.910. The van der Waals surface area contributed by atoms with Crippen molar-refractivity contribution < 1.29 is 37.3 Å². The van der Waals surface area contributed by atoms with Crippen molar-refractivity contribution in [1.82, 2.24) is 5.32 Å². The lowest BCUT2D eigenvalue weighted by molar-refractivity contribution is -0.870. The van der Waals surface area contributed by atoms with Gasteiger partial charge in [-0.3, -0.25) is 14.2 Å². The first-order valence-corrected chi connectivity index (χ1v) is 32.9. The van der Waals surface area contributed by atoms with Gasteiger partial charge in [-0.05, 0) is 102 Å². The minimum atomic E-state index is -4.71. The number of allylic oxidation sites excluding steroid dienone is 13. The predicted octanol–water partition coefficient (Wildman–Crippen LogP) is 18.8. The van der Waals surface area contributed by atoms with Gasteiger partial charge < -0.3 is 28.5 Å². The van der Waals surface area contributed by atoms with Crippen LogP contribution in [-0.2, 0) is 27.9 Å². The number of phosphoric acid groups is 1. The Bertz CT molecular complexity index is 1580. The van der Waals surface area contributed by atoms with Crippen LogP contribution >= 0.6 is 7.82 Å². The van der Waals surface area contributed by atoms with E-state index in [0.29, 0.717) is 17.4 Å². The molecule has 1 N–H and O–H groups in total. The zero-order valence-electron chi connectivity index (χ0n) is 50.2. The van der Waals surface area contributed by atoms with Gasteiger partial charge in [-0.2, -0.15) is 0 Å². The molecular weight excluding hydrogens is 964 g/mol. The number of nitrogens with zero attached hydrogens (tertiary/aromatic N) is 1. The molecule has 0 rings (SSSR count). The Kier molecular flexibility index (Phi) is 53.5. The average Bonchev–Trinajstić information content (AvgIpc) is 3.38. The van der Waals surface area contributed by atoms with E-state index < -0.39 is 26.6 Å². The van der Waals surface area contributed by atoms with Crippen LogP contribution in [-0.4, -0.2) is 69.4 Å². The fourth-order valence-electron chi connectivity index (χ4n) is 8.72. The number of hydrogen-bond acceptors (Lipinski definition) is 7. The summed E-state index contributed by atoms with van der Waals surface area (Å²) in [6.07, 6.45) is 72.6. The molecule has 3 unspecified atom stereocenters. The Morgan fingerprint density at radius 1 is 0.474 bits per heavy atom. The molecule has 0 aromatic carbocycles. The number of likely N-dealkylation sites (N-methyl/N-ethyl adjacent to an activating group) is 1. The highest BCUT2D eigenvalue weighted by atomic mass is 31.2. The molecule has 1 amide bonds. The van der Waals surface area contributed by atoms with E-state index in [4.69, 9.17) is 13.8 Å². The molecule has 76 heavy (non-hydrogen) atoms. The van der Waals surface area contributed by atoms with Crippen LogP contribution < -0.4 is 10.2 Å². The third kappa shape index (κ3) is 55.9. The van der Waals surface area contributed by atoms with Gasteiger partial charge in [-0.15, -0.1) is 0 Å². The van der Waals surface area contributed by atoms with Gasteiger partial charge in [0, 0.05) is 12.8 Å². The first-order valence-electron chi connectivity index (χ1n) is 31.4. The maximum absolute atomic E-state index is 13.5. The van der Waals surface area contributed by atoms with Crippen LogP contribution in [0, 0.1) is 0 Å². The Hall–Kier alpha value is -2.81. The summed E-state index contributed by atoms with van der Waals surface area (Å²) >= 11 is 0. The SMILES string of the molecule is CC/C=C\C/C=C\C/C=C\C/C=C\C/C=C\CCCCCC(=O)NC(COP(=O)([O-])OCC[N+](C)(C)C)C(/C=C/CCCCCCCCCCCC)OC(=O)CCCCCCCCCCC/C=C/CCCCCCCC. The highest BCUT2D eigenvalue weighted by Gasteiger charge is 2.27. The van der Waals surface area contributed by atoms with Gasteiger partial charge in [0.1, 0.15) is 19.3 Å². The van der Waals surface area contributed by atoms with Crippen molar-refractivity contribution in [2.45, 2.75) is 283 Å². The van der Waals surface area contributed by atoms with E-state index in [9.17, 15) is 19.0 Å². The number of hydrogen-bond donors (Lipinski definition) is 1. The van der Waals surface area contributed by atoms with Crippen LogP contribution in [0.5, 0.6) is 0 Å². The molecule has 0 aliphatic heterocycles. The molecule has 10 heteroatoms. The summed E-state index contributed by atoms with van der Waals surface area (Å²) in [5.74, 6) is -0.580. The van der Waals surface area contributed by atoms with Crippen molar-refractivity contribution in [2.75, 3.05) is 40.9 Å². The molecule has 9 nitrogen and oxygen atoms in total. The largest absolute Gasteiger partial charge is 0.756 e. The van der Waals surface area contributed by atoms with Crippen molar-refractivity contribution >= 4 is 19.7 Å². The summed E-state index contributed by atoms with van der Waals surface area (Å²) in [4.78, 5) is 40.0. The molecule has 0 radical (unpaired) electrons. The number of amides is 1. The van der Waals surface area contributed by atoms with E-state index in [1.54, 1.807) is 0 Å². The zero-order chi connectivity index (χ0) is 55.7. The predicted molar refractivity (Wildman–Crippen MR) is 325 cm³/mol. The second kappa shape index (κ2) is 55.5. The lowest BCUT2D eigenvalue weighted by Crippen LogP contribution is -2.47. The lowest BCUT2D eigenvalue weighted by atomic mass is 10.0. The molecule has 3 atom stereocenters. The highest BCUT2D eigenvalue weighted by molar-refractivity contribution is 7.45. The topological polar surface area (TPSA) is 114 Å². The molecule has 440 valence electrons. The second-order valence-corrected chi connectivity index (χ2v) is 23.6. The standard InChI is InChI=1S/C66H119N2O7P/c1-7-10-13-16-19-22-25-28-30-32-34-36-38-40-43-46-49-52-55-58-65(69)67-63(62-74-76(71,72)73-61-60-68(4,5)6)64(57-54-51-48-45-42-27-24-21-18-15-12-9-3)75-66(70)59-56-53-50-47-44-41-39-37-35-33-31-29-26-23-20-17-14-11-8-2/h10,13,19,22,28-31,34,36,40,43,54,57,63-64H,7-9,11-12,14-18,20-21,23-27,32-33,35,37-39,41-42,44-53,55-56,58-62H2,1-6H3,(H-,67,69,71,72)/b13-10-,22-19-,30-28-,31-29+,36-34-,43-40-,57-54+. The van der Waals surface area contributed by atoms with E-state index in [-0.39, 0.29) is 31.3 Å². The number of phosphoric ester groups is 1. The van der Waals surface area contributed by atoms with Gasteiger partial charge in [-0.1, -0.05) is 241 Å². The van der Waals surface area contributed by atoms with E-state index in [1.165, 1.54) is 141 Å². The molecule has 0 fully saturated rings. The molecule has 0 aliphatic rings. The third-order valence-corrected chi connectivity index (χ3v) is 14.5. The fourth-order valence-corrected chi connectivity index (χ4v) is 9.44. The number of rotatable bonds is 56. The van der Waals surface area contributed by atoms with Crippen LogP contribution in [0.2, 0.25) is 0 Å². The van der Waals surface area contributed by atoms with Crippen molar-refractivity contribution in [3.8, 4) is 0 Å². The minimum absolute atomic E-state index is 0.0324. The van der Waals surface area contributed by atoms with Gasteiger partial charge in [0.15, 0.2) is 0 Å². The third-order valence-electron chi connectivity index (χ3n) is 13.6. The molecule has 0 aromatic rings. The molecule has 0 spiro atoms. The smallest absolute Gasteiger partial charge is 0.306 e. The number of nitrogens with one attached hydrogen (secondary N) is 1. The van der Waals surface area contributed by atoms with Crippen LogP contribution in [0.4, 0.5) is 0 Å². The van der Waals surface area contributed by atoms with E-state index in [0.717, 1.165) is 89.9 Å². The maximum atomic E-state index is 13.5. The van der Waals surface area contributed by atoms with Gasteiger partial charge in [0.2, 0.25) is 5.91 Å². The van der Waals surface area contributed by atoms with Crippen LogP contribution in [0.15, 0.2) is 85.1 Å². The number of carbonyl (C=O) groups is 2. The van der Waals surface area contributed by atoms with Crippen molar-refractivity contribution in [3.63, 3.8) is 0 Å². The number of quaternary nitrogens is 1. The van der Waals surface area contributed by atoms with E-state index in [2.05, 4.69) is 99.0 Å². The summed E-state index contributed by atoms with van der Waals surface area (Å²) in [5, 5.41) is 3.01. The van der Waals surface area contributed by atoms with Crippen molar-refractivity contribution in [1.29, 1.82) is 0 Å². The van der Waals surface area contributed by atoms with Gasteiger partial charge in [0.05, 0.1) is 33.8 Å². The molecule has 0 aliphatic carbocycles. The molecule has 0 aromatic heterocycles. The summed E-state index contributed by atoms with van der Waals surface area (Å²) in [7, 11) is 1.15. The number of ether oxygens (including phenoxy) is 1. The van der Waals surface area contributed by atoms with Crippen LogP contribution in [0.25, 0.3) is 0 Å². The Balaban J connectivity index is 5.31. The van der Waals surface area contributed by atoms with Gasteiger partial charge in [-0.25, -0.2) is 0 Å². The van der Waals surface area contributed by atoms with Crippen LogP contribution in [0.1, 0.15) is 271 Å². The maximum Gasteiger partial charge on any atom is 0.306 e. The van der Waals surface area contributed by atoms with Crippen molar-refractivity contribution in [2.24, 2.45) is 0 Å². The highest BCUT2D eigenvalue weighted by Crippen LogP contribution is 2.38. The van der Waals surface area contributed by atoms with Crippen LogP contribution in [0.3, 0.4) is 0 Å². The quantitative estimate of drug-likeness (QED) is 0.0212. The minimum Gasteiger partial charge on any atom is -0.756 e. The number of esters is 1. The second-order valence-electron chi connectivity index (χ2n) is 22.2. The number of carbonyl (C=O) groups excluding carboxylic acids is 2. The van der Waals surface area contributed by atoms with E-state index in [1.807, 2.05) is 33.3 Å². The normalized spacial score (nSPS) is 14.2. The average molecular weight is 1080 g/mol. The summed E-state index contributed by atoms with van der Waals surface area (Å²) in [6.45, 7) is 6.70. The molecule has 0 saturated heterocycles.